The van der Waals surface area contributed by atoms with Crippen LogP contribution >= 0.6 is 11.3 Å². The molecule has 1 unspecified atom stereocenters. The van der Waals surface area contributed by atoms with E-state index in [0.29, 0.717) is 15.4 Å². The van der Waals surface area contributed by atoms with Crippen LogP contribution in [-0.4, -0.2) is 37.5 Å². The van der Waals surface area contributed by atoms with Gasteiger partial charge >= 0.3 is 6.36 Å². The zero-order valence-electron chi connectivity index (χ0n) is 13.6. The zero-order chi connectivity index (χ0) is 19.7. The van der Waals surface area contributed by atoms with E-state index in [1.54, 1.807) is 0 Å². The number of hydrogen-bond donors (Lipinski definition) is 1. The maximum atomic E-state index is 12.2. The van der Waals surface area contributed by atoms with Crippen molar-refractivity contribution < 1.29 is 31.1 Å². The molecule has 3 rings (SSSR count). The normalized spacial score (nSPS) is 18.4. The van der Waals surface area contributed by atoms with Crippen LogP contribution in [0.3, 0.4) is 0 Å². The number of hydrogen-bond acceptors (Lipinski definition) is 6. The van der Waals surface area contributed by atoms with Crippen molar-refractivity contribution in [3.8, 4) is 16.3 Å². The lowest BCUT2D eigenvalue weighted by Crippen LogP contribution is -2.36. The largest absolute Gasteiger partial charge is 0.573 e. The summed E-state index contributed by atoms with van der Waals surface area (Å²) in [6.45, 7) is 0. The molecule has 1 aliphatic rings. The number of amides is 1. The minimum Gasteiger partial charge on any atom is -0.406 e. The minimum absolute atomic E-state index is 0.0251. The molecule has 0 aliphatic carbocycles. The van der Waals surface area contributed by atoms with Crippen LogP contribution in [0.2, 0.25) is 0 Å². The Labute approximate surface area is 156 Å². The molecular formula is C16H13F3N2O4S2. The molecule has 2 heterocycles. The molecular weight excluding hydrogens is 405 g/mol. The number of benzene rings is 1. The maximum absolute atomic E-state index is 12.2. The van der Waals surface area contributed by atoms with Gasteiger partial charge < -0.3 is 10.1 Å². The van der Waals surface area contributed by atoms with Gasteiger partial charge in [0.2, 0.25) is 5.91 Å². The Hall–Kier alpha value is -2.40. The molecule has 0 radical (unpaired) electrons. The molecule has 144 valence electrons. The highest BCUT2D eigenvalue weighted by atomic mass is 32.2. The Morgan fingerprint density at radius 1 is 1.30 bits per heavy atom. The molecule has 0 saturated carbocycles. The fourth-order valence-electron chi connectivity index (χ4n) is 2.40. The van der Waals surface area contributed by atoms with Gasteiger partial charge in [-0.1, -0.05) is 0 Å². The average Bonchev–Trinajstić information content (AvgIpc) is 3.13. The topological polar surface area (TPSA) is 85.4 Å². The predicted octanol–water partition coefficient (Wildman–Crippen LogP) is 2.68. The number of nitrogens with one attached hydrogen (secondary N) is 1. The zero-order valence-corrected chi connectivity index (χ0v) is 15.2. The number of carbonyl (C=O) groups is 1. The SMILES string of the molecule is O=C(Cc1cnc(-c2ccc(OC(F)(F)F)cc2)s1)NC1C=CS(=O)(=O)C1. The number of sulfone groups is 1. The molecule has 0 saturated heterocycles. The van der Waals surface area contributed by atoms with Crippen molar-refractivity contribution in [2.24, 2.45) is 0 Å². The van der Waals surface area contributed by atoms with Gasteiger partial charge in [-0.3, -0.25) is 4.79 Å². The summed E-state index contributed by atoms with van der Waals surface area (Å²) in [6, 6.07) is 4.71. The third-order valence-corrected chi connectivity index (χ3v) is 5.94. The Balaban J connectivity index is 1.60. The van der Waals surface area contributed by atoms with E-state index in [1.807, 2.05) is 0 Å². The summed E-state index contributed by atoms with van der Waals surface area (Å²) < 4.78 is 63.0. The summed E-state index contributed by atoms with van der Waals surface area (Å²) in [5.74, 6) is -0.827. The van der Waals surface area contributed by atoms with Gasteiger partial charge in [0, 0.05) is 22.0 Å². The molecule has 1 aliphatic heterocycles. The molecule has 1 aromatic carbocycles. The standard InChI is InChI=1S/C16H13F3N2O4S2/c17-16(18,19)25-12-3-1-10(2-4-12)15-20-8-13(26-15)7-14(22)21-11-5-6-27(23,24)9-11/h1-6,8,11H,7,9H2,(H,21,22). The van der Waals surface area contributed by atoms with Crippen LogP contribution in [0.25, 0.3) is 10.6 Å². The number of ether oxygens (including phenoxy) is 1. The number of alkyl halides is 3. The first-order valence-corrected chi connectivity index (χ1v) is 10.1. The summed E-state index contributed by atoms with van der Waals surface area (Å²) in [4.78, 5) is 16.8. The Kier molecular flexibility index (Phi) is 5.24. The van der Waals surface area contributed by atoms with Crippen LogP contribution in [0.1, 0.15) is 4.88 Å². The molecule has 6 nitrogen and oxygen atoms in total. The van der Waals surface area contributed by atoms with E-state index in [1.165, 1.54) is 47.9 Å². The lowest BCUT2D eigenvalue weighted by Gasteiger charge is -2.09. The van der Waals surface area contributed by atoms with E-state index in [2.05, 4.69) is 15.0 Å². The molecule has 11 heteroatoms. The van der Waals surface area contributed by atoms with Crippen molar-refractivity contribution in [2.75, 3.05) is 5.75 Å². The molecule has 1 amide bonds. The average molecular weight is 418 g/mol. The van der Waals surface area contributed by atoms with Crippen LogP contribution in [0.5, 0.6) is 5.75 Å². The second-order valence-electron chi connectivity index (χ2n) is 5.71. The van der Waals surface area contributed by atoms with Crippen molar-refractivity contribution >= 4 is 27.1 Å². The molecule has 0 spiro atoms. The second kappa shape index (κ2) is 7.31. The maximum Gasteiger partial charge on any atom is 0.573 e. The number of carbonyl (C=O) groups excluding carboxylic acids is 1. The molecule has 1 aromatic heterocycles. The third-order valence-electron chi connectivity index (χ3n) is 3.50. The van der Waals surface area contributed by atoms with Crippen LogP contribution in [0, 0.1) is 0 Å². The van der Waals surface area contributed by atoms with Crippen molar-refractivity contribution in [2.45, 2.75) is 18.8 Å². The summed E-state index contributed by atoms with van der Waals surface area (Å²) >= 11 is 1.22. The van der Waals surface area contributed by atoms with E-state index in [9.17, 15) is 26.4 Å². The van der Waals surface area contributed by atoms with Gasteiger partial charge in [0.15, 0.2) is 9.84 Å². The van der Waals surface area contributed by atoms with Crippen LogP contribution in [0.15, 0.2) is 41.9 Å². The van der Waals surface area contributed by atoms with E-state index in [-0.39, 0.29) is 23.8 Å². The second-order valence-corrected chi connectivity index (χ2v) is 8.76. The van der Waals surface area contributed by atoms with Crippen LogP contribution < -0.4 is 10.1 Å². The van der Waals surface area contributed by atoms with Gasteiger partial charge in [0.1, 0.15) is 10.8 Å². The van der Waals surface area contributed by atoms with Crippen molar-refractivity contribution in [1.29, 1.82) is 0 Å². The fourth-order valence-corrected chi connectivity index (χ4v) is 4.56. The smallest absolute Gasteiger partial charge is 0.406 e. The van der Waals surface area contributed by atoms with Gasteiger partial charge in [-0.05, 0) is 30.3 Å². The van der Waals surface area contributed by atoms with E-state index in [0.717, 1.165) is 5.41 Å². The lowest BCUT2D eigenvalue weighted by molar-refractivity contribution is -0.274. The third kappa shape index (κ3) is 5.54. The quantitative estimate of drug-likeness (QED) is 0.807. The Morgan fingerprint density at radius 2 is 2.00 bits per heavy atom. The highest BCUT2D eigenvalue weighted by Crippen LogP contribution is 2.29. The van der Waals surface area contributed by atoms with Gasteiger partial charge in [0.05, 0.1) is 18.2 Å². The van der Waals surface area contributed by atoms with Gasteiger partial charge in [-0.25, -0.2) is 13.4 Å². The first-order valence-electron chi connectivity index (χ1n) is 7.61. The number of nitrogens with zero attached hydrogens (tertiary/aromatic N) is 1. The number of rotatable bonds is 5. The van der Waals surface area contributed by atoms with E-state index in [4.69, 9.17) is 0 Å². The van der Waals surface area contributed by atoms with E-state index < -0.39 is 22.2 Å². The lowest BCUT2D eigenvalue weighted by atomic mass is 10.2. The van der Waals surface area contributed by atoms with Crippen molar-refractivity contribution in [1.82, 2.24) is 10.3 Å². The first-order chi connectivity index (χ1) is 12.6. The van der Waals surface area contributed by atoms with Gasteiger partial charge in [-0.2, -0.15) is 0 Å². The minimum atomic E-state index is -4.75. The highest BCUT2D eigenvalue weighted by molar-refractivity contribution is 7.94. The summed E-state index contributed by atoms with van der Waals surface area (Å²) in [5.41, 5.74) is 0.589. The monoisotopic (exact) mass is 418 g/mol. The highest BCUT2D eigenvalue weighted by Gasteiger charge is 2.31. The summed E-state index contributed by atoms with van der Waals surface area (Å²) in [7, 11) is -3.25. The van der Waals surface area contributed by atoms with Gasteiger partial charge in [0.25, 0.3) is 0 Å². The first kappa shape index (κ1) is 19.4. The van der Waals surface area contributed by atoms with Crippen molar-refractivity contribution in [3.63, 3.8) is 0 Å². The Morgan fingerprint density at radius 3 is 2.59 bits per heavy atom. The number of aromatic nitrogens is 1. The van der Waals surface area contributed by atoms with Crippen molar-refractivity contribution in [3.05, 3.63) is 46.8 Å². The molecule has 0 fully saturated rings. The molecule has 2 aromatic rings. The Bertz CT molecular complexity index is 966. The molecule has 1 atom stereocenters. The molecule has 27 heavy (non-hydrogen) atoms. The molecule has 1 N–H and O–H groups in total. The summed E-state index contributed by atoms with van der Waals surface area (Å²) in [6.07, 6.45) is -1.80. The van der Waals surface area contributed by atoms with Crippen LogP contribution in [0.4, 0.5) is 13.2 Å². The fraction of sp³-hybridized carbons (Fsp3) is 0.250. The molecule has 0 bridgehead atoms. The van der Waals surface area contributed by atoms with Crippen LogP contribution in [-0.2, 0) is 21.1 Å². The van der Waals surface area contributed by atoms with Gasteiger partial charge in [-0.15, -0.1) is 24.5 Å². The predicted molar refractivity (Wildman–Crippen MR) is 92.8 cm³/mol. The van der Waals surface area contributed by atoms with E-state index >= 15 is 0 Å². The number of thiazole rings is 1. The summed E-state index contributed by atoms with van der Waals surface area (Å²) in [5, 5.41) is 4.23. The number of halogens is 3.